The molecule has 0 aliphatic heterocycles. The number of fused-ring (bicyclic) bond motifs is 3. The van der Waals surface area contributed by atoms with E-state index < -0.39 is 9.84 Å². The van der Waals surface area contributed by atoms with Crippen molar-refractivity contribution in [2.45, 2.75) is 69.1 Å². The molecule has 1 aliphatic rings. The minimum absolute atomic E-state index is 0.0521. The average molecular weight is 447 g/mol. The summed E-state index contributed by atoms with van der Waals surface area (Å²) in [6.45, 7) is 12.4. The van der Waals surface area contributed by atoms with Crippen molar-refractivity contribution in [3.8, 4) is 11.1 Å². The predicted octanol–water partition coefficient (Wildman–Crippen LogP) is 7.10. The molecule has 0 saturated heterocycles. The summed E-state index contributed by atoms with van der Waals surface area (Å²) in [5, 5.41) is 0. The Hall–Kier alpha value is -2.72. The van der Waals surface area contributed by atoms with Crippen LogP contribution in [0.15, 0.2) is 64.4 Å². The highest BCUT2D eigenvalue weighted by Crippen LogP contribution is 2.41. The third-order valence-electron chi connectivity index (χ3n) is 6.36. The maximum absolute atomic E-state index is 14.0. The van der Waals surface area contributed by atoms with Crippen LogP contribution in [-0.2, 0) is 9.84 Å². The molecule has 3 nitrogen and oxygen atoms in total. The van der Waals surface area contributed by atoms with Crippen molar-refractivity contribution < 1.29 is 13.2 Å². The molecule has 0 aromatic heterocycles. The molecule has 0 radical (unpaired) electrons. The van der Waals surface area contributed by atoms with Gasteiger partial charge in [-0.2, -0.15) is 0 Å². The van der Waals surface area contributed by atoms with Gasteiger partial charge in [0.25, 0.3) is 0 Å². The van der Waals surface area contributed by atoms with E-state index in [1.54, 1.807) is 24.3 Å². The number of sulfone groups is 1. The quantitative estimate of drug-likeness (QED) is 0.328. The van der Waals surface area contributed by atoms with Gasteiger partial charge in [-0.15, -0.1) is 0 Å². The standard InChI is InChI=1S/C28H30O3S/c1-16(2)19-13-24(17(3)4)28(25(14-19)18(5)6)32(30,31)20-11-12-22-21-9-7-8-10-23(21)27(29)26(22)15-20/h7-18H,1-6H3. The molecule has 0 spiro atoms. The topological polar surface area (TPSA) is 51.2 Å². The Kier molecular flexibility index (Phi) is 5.62. The first-order valence-electron chi connectivity index (χ1n) is 11.2. The van der Waals surface area contributed by atoms with E-state index in [2.05, 4.69) is 13.8 Å². The average Bonchev–Trinajstić information content (AvgIpc) is 3.04. The van der Waals surface area contributed by atoms with Gasteiger partial charge in [0.2, 0.25) is 9.84 Å². The molecule has 0 N–H and O–H groups in total. The highest BCUT2D eigenvalue weighted by atomic mass is 32.2. The number of benzene rings is 3. The van der Waals surface area contributed by atoms with Crippen LogP contribution in [0, 0.1) is 0 Å². The van der Waals surface area contributed by atoms with E-state index in [0.717, 1.165) is 27.8 Å². The van der Waals surface area contributed by atoms with Crippen LogP contribution in [0.1, 0.15) is 91.9 Å². The smallest absolute Gasteiger partial charge is 0.207 e. The molecule has 4 heteroatoms. The summed E-state index contributed by atoms with van der Waals surface area (Å²) in [5.41, 5.74) is 5.59. The van der Waals surface area contributed by atoms with Crippen LogP contribution in [0.25, 0.3) is 11.1 Å². The third kappa shape index (κ3) is 3.51. The summed E-state index contributed by atoms with van der Waals surface area (Å²) in [6, 6.07) is 16.5. The Morgan fingerprint density at radius 2 is 1.16 bits per heavy atom. The van der Waals surface area contributed by atoms with Crippen LogP contribution in [0.5, 0.6) is 0 Å². The van der Waals surface area contributed by atoms with Crippen molar-refractivity contribution in [3.05, 3.63) is 82.4 Å². The number of carbonyl (C=O) groups excluding carboxylic acids is 1. The highest BCUT2D eigenvalue weighted by molar-refractivity contribution is 7.91. The first kappa shape index (κ1) is 22.5. The van der Waals surface area contributed by atoms with Crippen molar-refractivity contribution in [3.63, 3.8) is 0 Å². The zero-order valence-electron chi connectivity index (χ0n) is 19.6. The Morgan fingerprint density at radius 1 is 0.625 bits per heavy atom. The summed E-state index contributed by atoms with van der Waals surface area (Å²) >= 11 is 0. The van der Waals surface area contributed by atoms with Crippen molar-refractivity contribution in [2.75, 3.05) is 0 Å². The first-order valence-corrected chi connectivity index (χ1v) is 12.7. The molecule has 32 heavy (non-hydrogen) atoms. The molecule has 166 valence electrons. The lowest BCUT2D eigenvalue weighted by Crippen LogP contribution is -2.13. The molecule has 3 aromatic rings. The SMILES string of the molecule is CC(C)c1cc(C(C)C)c(S(=O)(=O)c2ccc3c(c2)C(=O)c2ccccc2-3)c(C(C)C)c1. The van der Waals surface area contributed by atoms with Gasteiger partial charge in [0.1, 0.15) is 0 Å². The third-order valence-corrected chi connectivity index (χ3v) is 8.24. The van der Waals surface area contributed by atoms with Crippen molar-refractivity contribution in [1.82, 2.24) is 0 Å². The summed E-state index contributed by atoms with van der Waals surface area (Å²) in [6.07, 6.45) is 0. The van der Waals surface area contributed by atoms with E-state index >= 15 is 0 Å². The molecule has 4 rings (SSSR count). The van der Waals surface area contributed by atoms with E-state index in [0.29, 0.717) is 21.9 Å². The van der Waals surface area contributed by atoms with Gasteiger partial charge in [-0.1, -0.05) is 84.0 Å². The second-order valence-electron chi connectivity index (χ2n) is 9.58. The molecule has 0 bridgehead atoms. The fourth-order valence-electron chi connectivity index (χ4n) is 4.49. The Labute approximate surface area is 191 Å². The van der Waals surface area contributed by atoms with Gasteiger partial charge in [-0.05, 0) is 57.7 Å². The van der Waals surface area contributed by atoms with Gasteiger partial charge in [-0.3, -0.25) is 4.79 Å². The number of rotatable bonds is 5. The Balaban J connectivity index is 1.95. The first-order chi connectivity index (χ1) is 15.0. The number of ketones is 1. The molecule has 0 saturated carbocycles. The molecule has 0 heterocycles. The maximum Gasteiger partial charge on any atom is 0.207 e. The number of hydrogen-bond acceptors (Lipinski definition) is 3. The lowest BCUT2D eigenvalue weighted by molar-refractivity contribution is 0.104. The molecular weight excluding hydrogens is 416 g/mol. The molecule has 0 fully saturated rings. The van der Waals surface area contributed by atoms with E-state index in [-0.39, 0.29) is 22.5 Å². The van der Waals surface area contributed by atoms with Crippen LogP contribution in [0.2, 0.25) is 0 Å². The minimum atomic E-state index is -3.82. The van der Waals surface area contributed by atoms with Gasteiger partial charge >= 0.3 is 0 Å². The fourth-order valence-corrected chi connectivity index (χ4v) is 6.46. The number of carbonyl (C=O) groups is 1. The molecule has 0 atom stereocenters. The van der Waals surface area contributed by atoms with Crippen molar-refractivity contribution in [2.24, 2.45) is 0 Å². The van der Waals surface area contributed by atoms with E-state index in [9.17, 15) is 13.2 Å². The summed E-state index contributed by atoms with van der Waals surface area (Å²) < 4.78 is 28.1. The van der Waals surface area contributed by atoms with Crippen LogP contribution < -0.4 is 0 Å². The van der Waals surface area contributed by atoms with Gasteiger partial charge < -0.3 is 0 Å². The van der Waals surface area contributed by atoms with Gasteiger partial charge in [0.15, 0.2) is 5.78 Å². The molecule has 1 aliphatic carbocycles. The Bertz CT molecular complexity index is 1300. The van der Waals surface area contributed by atoms with Crippen molar-refractivity contribution >= 4 is 15.6 Å². The number of hydrogen-bond donors (Lipinski definition) is 0. The molecule has 0 amide bonds. The van der Waals surface area contributed by atoms with Crippen LogP contribution >= 0.6 is 0 Å². The van der Waals surface area contributed by atoms with E-state index in [1.807, 2.05) is 58.0 Å². The van der Waals surface area contributed by atoms with Gasteiger partial charge in [-0.25, -0.2) is 8.42 Å². The highest BCUT2D eigenvalue weighted by Gasteiger charge is 2.32. The maximum atomic E-state index is 14.0. The zero-order valence-corrected chi connectivity index (χ0v) is 20.4. The molecule has 0 unspecified atom stereocenters. The Morgan fingerprint density at radius 3 is 1.69 bits per heavy atom. The second-order valence-corrected chi connectivity index (χ2v) is 11.5. The molecule has 3 aromatic carbocycles. The van der Waals surface area contributed by atoms with Crippen LogP contribution in [0.4, 0.5) is 0 Å². The normalized spacial score (nSPS) is 13.2. The lowest BCUT2D eigenvalue weighted by Gasteiger charge is -2.23. The fraction of sp³-hybridized carbons (Fsp3) is 0.321. The molecular formula is C28H30O3S. The summed E-state index contributed by atoms with van der Waals surface area (Å²) in [5.74, 6) is 0.293. The van der Waals surface area contributed by atoms with Gasteiger partial charge in [0.05, 0.1) is 9.79 Å². The van der Waals surface area contributed by atoms with Crippen molar-refractivity contribution in [1.29, 1.82) is 0 Å². The monoisotopic (exact) mass is 446 g/mol. The summed E-state index contributed by atoms with van der Waals surface area (Å²) in [4.78, 5) is 13.6. The van der Waals surface area contributed by atoms with Gasteiger partial charge in [0, 0.05) is 11.1 Å². The van der Waals surface area contributed by atoms with Crippen LogP contribution in [0.3, 0.4) is 0 Å². The van der Waals surface area contributed by atoms with E-state index in [4.69, 9.17) is 0 Å². The second kappa shape index (κ2) is 8.00. The lowest BCUT2D eigenvalue weighted by atomic mass is 9.89. The summed E-state index contributed by atoms with van der Waals surface area (Å²) in [7, 11) is -3.82. The van der Waals surface area contributed by atoms with E-state index in [1.165, 1.54) is 0 Å². The minimum Gasteiger partial charge on any atom is -0.289 e. The van der Waals surface area contributed by atoms with Crippen LogP contribution in [-0.4, -0.2) is 14.2 Å². The largest absolute Gasteiger partial charge is 0.289 e. The zero-order chi connectivity index (χ0) is 23.4. The predicted molar refractivity (Wildman–Crippen MR) is 129 cm³/mol.